The Kier molecular flexibility index (Phi) is 4.48. The molecule has 1 aromatic heterocycles. The minimum absolute atomic E-state index is 0.0145. The van der Waals surface area contributed by atoms with Gasteiger partial charge in [-0.1, -0.05) is 26.0 Å². The highest BCUT2D eigenvalue weighted by Gasteiger charge is 2.22. The summed E-state index contributed by atoms with van der Waals surface area (Å²) >= 11 is 0. The molecule has 4 rings (SSSR count). The Bertz CT molecular complexity index is 993. The summed E-state index contributed by atoms with van der Waals surface area (Å²) in [5, 5.41) is 2.95. The fraction of sp³-hybridized carbons (Fsp3) is 0.333. The van der Waals surface area contributed by atoms with Crippen molar-refractivity contribution in [1.29, 1.82) is 0 Å². The van der Waals surface area contributed by atoms with E-state index >= 15 is 0 Å². The summed E-state index contributed by atoms with van der Waals surface area (Å²) in [5.41, 5.74) is 3.89. The average Bonchev–Trinajstić information content (AvgIpc) is 3.04. The van der Waals surface area contributed by atoms with E-state index in [0.717, 1.165) is 53.6 Å². The number of aromatic nitrogens is 2. The number of fused-ring (bicyclic) bond motifs is 3. The number of nitrogens with one attached hydrogen (secondary N) is 1. The second-order valence-electron chi connectivity index (χ2n) is 7.12. The predicted octanol–water partition coefficient (Wildman–Crippen LogP) is 3.66. The van der Waals surface area contributed by atoms with E-state index in [-0.39, 0.29) is 11.8 Å². The number of imidazole rings is 1. The van der Waals surface area contributed by atoms with Gasteiger partial charge in [-0.2, -0.15) is 0 Å². The molecule has 2 aromatic carbocycles. The number of methoxy groups -OCH3 is 1. The van der Waals surface area contributed by atoms with Crippen LogP contribution in [0.2, 0.25) is 0 Å². The van der Waals surface area contributed by atoms with Crippen molar-refractivity contribution in [2.45, 2.75) is 26.9 Å². The Balaban J connectivity index is 1.63. The summed E-state index contributed by atoms with van der Waals surface area (Å²) in [6.07, 6.45) is 0. The van der Waals surface area contributed by atoms with Crippen LogP contribution >= 0.6 is 0 Å². The molecule has 140 valence electrons. The first-order chi connectivity index (χ1) is 13.1. The van der Waals surface area contributed by atoms with Crippen molar-refractivity contribution < 1.29 is 9.53 Å². The number of anilines is 2. The lowest BCUT2D eigenvalue weighted by molar-refractivity contribution is -0.118. The summed E-state index contributed by atoms with van der Waals surface area (Å²) in [6, 6.07) is 14.0. The van der Waals surface area contributed by atoms with Crippen molar-refractivity contribution in [1.82, 2.24) is 9.55 Å². The van der Waals surface area contributed by atoms with Crippen molar-refractivity contribution in [3.05, 3.63) is 48.3 Å². The molecule has 0 aliphatic carbocycles. The number of nitrogens with zero attached hydrogens (tertiary/aromatic N) is 3. The highest BCUT2D eigenvalue weighted by atomic mass is 16.5. The molecular weight excluding hydrogens is 340 g/mol. The first-order valence-electron chi connectivity index (χ1n) is 9.25. The van der Waals surface area contributed by atoms with Crippen molar-refractivity contribution in [2.75, 3.05) is 23.9 Å². The van der Waals surface area contributed by atoms with Crippen LogP contribution in [0.1, 0.15) is 19.7 Å². The molecule has 27 heavy (non-hydrogen) atoms. The Morgan fingerprint density at radius 2 is 2.00 bits per heavy atom. The number of amides is 1. The van der Waals surface area contributed by atoms with Crippen molar-refractivity contribution >= 4 is 28.3 Å². The summed E-state index contributed by atoms with van der Waals surface area (Å²) in [6.45, 7) is 6.25. The second kappa shape index (κ2) is 6.95. The number of para-hydroxylation sites is 2. The standard InChI is InChI=1S/C21H24N4O2/c1-14(2)21(26)22-15-8-9-17-16(12-15)23-20-13-24(10-11-25(17)20)18-6-4-5-7-19(18)27-3/h4-9,12,14H,10-11,13H2,1-3H3,(H,22,26). The van der Waals surface area contributed by atoms with Crippen LogP contribution < -0.4 is 15.0 Å². The smallest absolute Gasteiger partial charge is 0.226 e. The van der Waals surface area contributed by atoms with Crippen LogP contribution in [0.3, 0.4) is 0 Å². The summed E-state index contributed by atoms with van der Waals surface area (Å²) < 4.78 is 7.77. The maximum absolute atomic E-state index is 11.9. The monoisotopic (exact) mass is 364 g/mol. The molecule has 0 unspecified atom stereocenters. The molecule has 0 fully saturated rings. The first-order valence-corrected chi connectivity index (χ1v) is 9.25. The quantitative estimate of drug-likeness (QED) is 0.768. The zero-order valence-electron chi connectivity index (χ0n) is 15.9. The van der Waals surface area contributed by atoms with Crippen molar-refractivity contribution in [2.24, 2.45) is 5.92 Å². The van der Waals surface area contributed by atoms with E-state index in [0.29, 0.717) is 0 Å². The van der Waals surface area contributed by atoms with Crippen molar-refractivity contribution in [3.63, 3.8) is 0 Å². The SMILES string of the molecule is COc1ccccc1N1CCn2c(nc3cc(NC(=O)C(C)C)ccc32)C1. The van der Waals surface area contributed by atoms with E-state index in [1.165, 1.54) is 0 Å². The molecule has 0 atom stereocenters. The van der Waals surface area contributed by atoms with Gasteiger partial charge in [-0.15, -0.1) is 0 Å². The number of carbonyl (C=O) groups is 1. The van der Waals surface area contributed by atoms with Gasteiger partial charge in [-0.3, -0.25) is 4.79 Å². The average molecular weight is 364 g/mol. The van der Waals surface area contributed by atoms with Gasteiger partial charge in [0, 0.05) is 24.7 Å². The normalized spacial score (nSPS) is 13.7. The topological polar surface area (TPSA) is 59.4 Å². The molecule has 0 radical (unpaired) electrons. The maximum atomic E-state index is 11.9. The molecule has 1 aliphatic heterocycles. The predicted molar refractivity (Wildman–Crippen MR) is 107 cm³/mol. The molecule has 2 heterocycles. The maximum Gasteiger partial charge on any atom is 0.226 e. The van der Waals surface area contributed by atoms with Crippen LogP contribution in [-0.2, 0) is 17.9 Å². The number of hydrogen-bond donors (Lipinski definition) is 1. The second-order valence-corrected chi connectivity index (χ2v) is 7.12. The van der Waals surface area contributed by atoms with Gasteiger partial charge >= 0.3 is 0 Å². The molecule has 3 aromatic rings. The molecule has 6 nitrogen and oxygen atoms in total. The molecule has 1 N–H and O–H groups in total. The van der Waals surface area contributed by atoms with Gasteiger partial charge in [0.15, 0.2) is 0 Å². The molecule has 0 bridgehead atoms. The van der Waals surface area contributed by atoms with E-state index in [1.54, 1.807) is 7.11 Å². The molecule has 0 saturated carbocycles. The van der Waals surface area contributed by atoms with E-state index in [2.05, 4.69) is 20.9 Å². The van der Waals surface area contributed by atoms with Gasteiger partial charge in [-0.05, 0) is 30.3 Å². The van der Waals surface area contributed by atoms with Crippen LogP contribution in [0.25, 0.3) is 11.0 Å². The number of ether oxygens (including phenoxy) is 1. The summed E-state index contributed by atoms with van der Waals surface area (Å²) in [5.74, 6) is 1.86. The fourth-order valence-corrected chi connectivity index (χ4v) is 3.48. The Hall–Kier alpha value is -3.02. The van der Waals surface area contributed by atoms with Gasteiger partial charge in [0.2, 0.25) is 5.91 Å². The molecule has 6 heteroatoms. The van der Waals surface area contributed by atoms with Crippen molar-refractivity contribution in [3.8, 4) is 5.75 Å². The van der Waals surface area contributed by atoms with Gasteiger partial charge in [0.05, 0.1) is 30.4 Å². The zero-order chi connectivity index (χ0) is 19.0. The number of hydrogen-bond acceptors (Lipinski definition) is 4. The minimum atomic E-state index is -0.0506. The van der Waals surface area contributed by atoms with E-state index in [1.807, 2.05) is 50.2 Å². The number of benzene rings is 2. The van der Waals surface area contributed by atoms with Crippen LogP contribution in [0, 0.1) is 5.92 Å². The zero-order valence-corrected chi connectivity index (χ0v) is 15.9. The lowest BCUT2D eigenvalue weighted by Gasteiger charge is -2.30. The highest BCUT2D eigenvalue weighted by molar-refractivity contribution is 5.94. The largest absolute Gasteiger partial charge is 0.495 e. The third-order valence-electron chi connectivity index (χ3n) is 4.97. The van der Waals surface area contributed by atoms with Gasteiger partial charge in [0.1, 0.15) is 11.6 Å². The third-order valence-corrected chi connectivity index (χ3v) is 4.97. The number of carbonyl (C=O) groups excluding carboxylic acids is 1. The van der Waals surface area contributed by atoms with Crippen LogP contribution in [0.15, 0.2) is 42.5 Å². The van der Waals surface area contributed by atoms with Crippen LogP contribution in [-0.4, -0.2) is 29.1 Å². The fourth-order valence-electron chi connectivity index (χ4n) is 3.48. The first kappa shape index (κ1) is 17.4. The molecule has 1 aliphatic rings. The Morgan fingerprint density at radius 3 is 2.78 bits per heavy atom. The van der Waals surface area contributed by atoms with E-state index < -0.39 is 0 Å². The molecule has 0 spiro atoms. The minimum Gasteiger partial charge on any atom is -0.495 e. The van der Waals surface area contributed by atoms with Crippen LogP contribution in [0.5, 0.6) is 5.75 Å². The molecular formula is C21H24N4O2. The van der Waals surface area contributed by atoms with Crippen LogP contribution in [0.4, 0.5) is 11.4 Å². The van der Waals surface area contributed by atoms with Gasteiger partial charge < -0.3 is 19.5 Å². The Morgan fingerprint density at radius 1 is 1.19 bits per heavy atom. The Labute approximate surface area is 158 Å². The highest BCUT2D eigenvalue weighted by Crippen LogP contribution is 2.32. The summed E-state index contributed by atoms with van der Waals surface area (Å²) in [4.78, 5) is 19.1. The summed E-state index contributed by atoms with van der Waals surface area (Å²) in [7, 11) is 1.70. The van der Waals surface area contributed by atoms with E-state index in [4.69, 9.17) is 9.72 Å². The molecule has 0 saturated heterocycles. The lowest BCUT2D eigenvalue weighted by atomic mass is 10.2. The molecule has 1 amide bonds. The lowest BCUT2D eigenvalue weighted by Crippen LogP contribution is -2.33. The third kappa shape index (κ3) is 3.23. The number of rotatable bonds is 4. The van der Waals surface area contributed by atoms with E-state index in [9.17, 15) is 4.79 Å². The van der Waals surface area contributed by atoms with Gasteiger partial charge in [0.25, 0.3) is 0 Å². The van der Waals surface area contributed by atoms with Gasteiger partial charge in [-0.25, -0.2) is 4.98 Å².